The highest BCUT2D eigenvalue weighted by Gasteiger charge is 2.36. The zero-order chi connectivity index (χ0) is 23.3. The van der Waals surface area contributed by atoms with E-state index in [-0.39, 0.29) is 12.2 Å². The van der Waals surface area contributed by atoms with Gasteiger partial charge >= 0.3 is 5.97 Å². The molecule has 2 heterocycles. The monoisotopic (exact) mass is 455 g/mol. The van der Waals surface area contributed by atoms with Gasteiger partial charge < -0.3 is 24.5 Å². The number of fused-ring (bicyclic) bond motifs is 1. The van der Waals surface area contributed by atoms with Crippen molar-refractivity contribution >= 4 is 23.5 Å². The average Bonchev–Trinajstić information content (AvgIpc) is 2.79. The van der Waals surface area contributed by atoms with Gasteiger partial charge in [-0.25, -0.2) is 9.78 Å². The first kappa shape index (κ1) is 23.2. The Kier molecular flexibility index (Phi) is 7.42. The number of carbonyl (C=O) groups excluding carboxylic acids is 1. The second kappa shape index (κ2) is 10.2. The SMILES string of the molecule is C=CCOC(=O)C1=C(C)Nc2nc(SCC=C)[nH]c(=O)c2[C@@H]1c1ccc(OC)c(OC)c1. The van der Waals surface area contributed by atoms with Crippen LogP contribution in [0.4, 0.5) is 5.82 Å². The molecular formula is C23H25N3O5S. The van der Waals surface area contributed by atoms with Crippen LogP contribution in [0.3, 0.4) is 0 Å². The van der Waals surface area contributed by atoms with E-state index in [9.17, 15) is 9.59 Å². The Bertz CT molecular complexity index is 1140. The first-order valence-corrected chi connectivity index (χ1v) is 10.8. The van der Waals surface area contributed by atoms with Crippen LogP contribution in [0.5, 0.6) is 11.5 Å². The number of esters is 1. The van der Waals surface area contributed by atoms with Crippen molar-refractivity contribution in [1.29, 1.82) is 0 Å². The predicted octanol–water partition coefficient (Wildman–Crippen LogP) is 3.63. The number of hydrogen-bond acceptors (Lipinski definition) is 8. The van der Waals surface area contributed by atoms with Crippen LogP contribution in [0.1, 0.15) is 24.0 Å². The van der Waals surface area contributed by atoms with Crippen LogP contribution in [-0.4, -0.2) is 42.5 Å². The van der Waals surface area contributed by atoms with Crippen LogP contribution in [0.25, 0.3) is 0 Å². The van der Waals surface area contributed by atoms with Gasteiger partial charge in [0.05, 0.1) is 31.3 Å². The minimum atomic E-state index is -0.724. The highest BCUT2D eigenvalue weighted by molar-refractivity contribution is 7.99. The van der Waals surface area contributed by atoms with Gasteiger partial charge in [-0.15, -0.1) is 6.58 Å². The zero-order valence-corrected chi connectivity index (χ0v) is 19.0. The molecular weight excluding hydrogens is 430 g/mol. The fourth-order valence-corrected chi connectivity index (χ4v) is 4.08. The van der Waals surface area contributed by atoms with E-state index in [4.69, 9.17) is 14.2 Å². The number of carbonyl (C=O) groups is 1. The summed E-state index contributed by atoms with van der Waals surface area (Å²) in [7, 11) is 3.06. The number of aromatic nitrogens is 2. The number of allylic oxidation sites excluding steroid dienone is 1. The summed E-state index contributed by atoms with van der Waals surface area (Å²) in [5.41, 5.74) is 1.48. The molecule has 0 saturated carbocycles. The van der Waals surface area contributed by atoms with Crippen molar-refractivity contribution in [1.82, 2.24) is 9.97 Å². The molecule has 1 aromatic heterocycles. The van der Waals surface area contributed by atoms with Gasteiger partial charge in [0.1, 0.15) is 12.4 Å². The van der Waals surface area contributed by atoms with Crippen LogP contribution in [0, 0.1) is 0 Å². The molecule has 168 valence electrons. The third kappa shape index (κ3) is 4.57. The summed E-state index contributed by atoms with van der Waals surface area (Å²) in [4.78, 5) is 33.5. The maximum absolute atomic E-state index is 13.2. The normalized spacial score (nSPS) is 14.8. The summed E-state index contributed by atoms with van der Waals surface area (Å²) < 4.78 is 16.1. The number of nitrogens with zero attached hydrogens (tertiary/aromatic N) is 1. The second-order valence-corrected chi connectivity index (χ2v) is 7.84. The van der Waals surface area contributed by atoms with Gasteiger partial charge in [-0.3, -0.25) is 4.79 Å². The molecule has 2 N–H and O–H groups in total. The summed E-state index contributed by atoms with van der Waals surface area (Å²) in [5, 5.41) is 3.56. The Morgan fingerprint density at radius 3 is 2.62 bits per heavy atom. The van der Waals surface area contributed by atoms with E-state index in [1.807, 2.05) is 0 Å². The van der Waals surface area contributed by atoms with Gasteiger partial charge in [0.2, 0.25) is 0 Å². The number of methoxy groups -OCH3 is 2. The molecule has 0 radical (unpaired) electrons. The van der Waals surface area contributed by atoms with Crippen molar-refractivity contribution in [2.45, 2.75) is 18.0 Å². The highest BCUT2D eigenvalue weighted by atomic mass is 32.2. The minimum absolute atomic E-state index is 0.0485. The first-order valence-electron chi connectivity index (χ1n) is 9.80. The summed E-state index contributed by atoms with van der Waals surface area (Å²) in [6.07, 6.45) is 3.21. The summed E-state index contributed by atoms with van der Waals surface area (Å²) in [5.74, 6) is 0.712. The molecule has 1 aliphatic rings. The van der Waals surface area contributed by atoms with Crippen molar-refractivity contribution in [3.05, 3.63) is 76.3 Å². The number of aromatic amines is 1. The Hall–Kier alpha value is -3.46. The molecule has 8 nitrogen and oxygen atoms in total. The lowest BCUT2D eigenvalue weighted by atomic mass is 9.82. The molecule has 1 aromatic carbocycles. The first-order chi connectivity index (χ1) is 15.4. The lowest BCUT2D eigenvalue weighted by molar-refractivity contribution is -0.138. The van der Waals surface area contributed by atoms with E-state index in [0.717, 1.165) is 0 Å². The van der Waals surface area contributed by atoms with Crippen molar-refractivity contribution in [3.63, 3.8) is 0 Å². The number of hydrogen-bond donors (Lipinski definition) is 2. The van der Waals surface area contributed by atoms with Crippen LogP contribution in [-0.2, 0) is 9.53 Å². The zero-order valence-electron chi connectivity index (χ0n) is 18.2. The van der Waals surface area contributed by atoms with Gasteiger partial charge in [0.15, 0.2) is 16.7 Å². The second-order valence-electron chi connectivity index (χ2n) is 6.83. The summed E-state index contributed by atoms with van der Waals surface area (Å²) in [6, 6.07) is 5.26. The van der Waals surface area contributed by atoms with Gasteiger partial charge in [-0.1, -0.05) is 36.6 Å². The number of thioether (sulfide) groups is 1. The van der Waals surface area contributed by atoms with Gasteiger partial charge in [-0.05, 0) is 24.6 Å². The molecule has 0 spiro atoms. The van der Waals surface area contributed by atoms with Crippen LogP contribution < -0.4 is 20.3 Å². The van der Waals surface area contributed by atoms with Crippen molar-refractivity contribution in [2.75, 3.05) is 31.9 Å². The Morgan fingerprint density at radius 2 is 1.97 bits per heavy atom. The molecule has 9 heteroatoms. The maximum Gasteiger partial charge on any atom is 0.337 e. The van der Waals surface area contributed by atoms with E-state index in [1.165, 1.54) is 32.1 Å². The number of rotatable bonds is 9. The Morgan fingerprint density at radius 1 is 1.22 bits per heavy atom. The van der Waals surface area contributed by atoms with Crippen LogP contribution in [0.2, 0.25) is 0 Å². The summed E-state index contributed by atoms with van der Waals surface area (Å²) in [6.45, 7) is 9.07. The molecule has 1 aliphatic heterocycles. The van der Waals surface area contributed by atoms with E-state index in [2.05, 4.69) is 28.4 Å². The smallest absolute Gasteiger partial charge is 0.337 e. The number of benzene rings is 1. The number of nitrogens with one attached hydrogen (secondary N) is 2. The van der Waals surface area contributed by atoms with Crippen molar-refractivity contribution in [2.24, 2.45) is 0 Å². The van der Waals surface area contributed by atoms with Gasteiger partial charge in [-0.2, -0.15) is 0 Å². The molecule has 0 saturated heterocycles. The molecule has 0 aliphatic carbocycles. The lowest BCUT2D eigenvalue weighted by Gasteiger charge is -2.29. The highest BCUT2D eigenvalue weighted by Crippen LogP contribution is 2.42. The predicted molar refractivity (Wildman–Crippen MR) is 125 cm³/mol. The topological polar surface area (TPSA) is 103 Å². The number of H-pyrrole nitrogens is 1. The molecule has 3 rings (SSSR count). The van der Waals surface area contributed by atoms with Crippen LogP contribution >= 0.6 is 11.8 Å². The Balaban J connectivity index is 2.21. The fourth-order valence-electron chi connectivity index (χ4n) is 3.49. The standard InChI is InChI=1S/C23H25N3O5S/c1-6-10-31-22(28)17-13(3)24-20-19(21(27)26-23(25-20)32-11-7-2)18(17)14-8-9-15(29-4)16(12-14)30-5/h6-9,12,18H,1-2,10-11H2,3-5H3,(H2,24,25,26,27)/t18-/m1/s1. The van der Waals surface area contributed by atoms with Crippen LogP contribution in [0.15, 0.2) is 64.7 Å². The van der Waals surface area contributed by atoms with E-state index < -0.39 is 11.9 Å². The molecule has 1 atom stereocenters. The summed E-state index contributed by atoms with van der Waals surface area (Å²) >= 11 is 1.35. The molecule has 0 fully saturated rings. The third-order valence-corrected chi connectivity index (χ3v) is 5.72. The Labute approximate surface area is 190 Å². The number of anilines is 1. The quantitative estimate of drug-likeness (QED) is 0.256. The molecule has 0 amide bonds. The molecule has 2 aromatic rings. The molecule has 32 heavy (non-hydrogen) atoms. The van der Waals surface area contributed by atoms with Gasteiger partial charge in [0, 0.05) is 11.4 Å². The fraction of sp³-hybridized carbons (Fsp3) is 0.261. The maximum atomic E-state index is 13.2. The molecule has 0 unspecified atom stereocenters. The van der Waals surface area contributed by atoms with Crippen molar-refractivity contribution < 1.29 is 19.0 Å². The van der Waals surface area contributed by atoms with E-state index in [1.54, 1.807) is 31.2 Å². The number of ether oxygens (including phenoxy) is 3. The molecule has 0 bridgehead atoms. The minimum Gasteiger partial charge on any atom is -0.493 e. The van der Waals surface area contributed by atoms with Crippen molar-refractivity contribution in [3.8, 4) is 11.5 Å². The van der Waals surface area contributed by atoms with E-state index >= 15 is 0 Å². The largest absolute Gasteiger partial charge is 0.493 e. The van der Waals surface area contributed by atoms with E-state index in [0.29, 0.717) is 50.6 Å². The third-order valence-electron chi connectivity index (χ3n) is 4.85. The average molecular weight is 456 g/mol. The lowest BCUT2D eigenvalue weighted by Crippen LogP contribution is -2.31. The van der Waals surface area contributed by atoms with Gasteiger partial charge in [0.25, 0.3) is 5.56 Å².